The van der Waals surface area contributed by atoms with Crippen molar-refractivity contribution in [2.45, 2.75) is 6.54 Å². The van der Waals surface area contributed by atoms with Crippen molar-refractivity contribution in [2.75, 3.05) is 13.7 Å². The molecule has 0 fully saturated rings. The van der Waals surface area contributed by atoms with E-state index in [2.05, 4.69) is 4.99 Å². The van der Waals surface area contributed by atoms with Gasteiger partial charge in [0, 0.05) is 12.7 Å². The van der Waals surface area contributed by atoms with Crippen molar-refractivity contribution in [2.24, 2.45) is 4.99 Å². The maximum Gasteiger partial charge on any atom is 0.285 e. The third-order valence-electron chi connectivity index (χ3n) is 3.77. The number of para-hydroxylation sites is 2. The van der Waals surface area contributed by atoms with E-state index in [0.717, 1.165) is 5.56 Å². The molecule has 2 aromatic carbocycles. The standard InChI is InChI=1S/C21H20N2O3/c1-25-18-11-5-6-12-19(18)26-16-21(24)22-20-13-7-8-14-23(20)15-17-9-3-2-4-10-17/h2-14H,15-16H2,1H3. The van der Waals surface area contributed by atoms with Gasteiger partial charge in [-0.15, -0.1) is 0 Å². The summed E-state index contributed by atoms with van der Waals surface area (Å²) in [5, 5.41) is 0. The Morgan fingerprint density at radius 3 is 2.38 bits per heavy atom. The van der Waals surface area contributed by atoms with Crippen LogP contribution in [0.1, 0.15) is 5.56 Å². The molecule has 132 valence electrons. The first kappa shape index (κ1) is 17.5. The molecule has 0 saturated heterocycles. The average Bonchev–Trinajstić information content (AvgIpc) is 2.69. The highest BCUT2D eigenvalue weighted by Gasteiger charge is 2.06. The van der Waals surface area contributed by atoms with Crippen LogP contribution in [-0.4, -0.2) is 24.2 Å². The second kappa shape index (κ2) is 8.67. The number of hydrogen-bond acceptors (Lipinski definition) is 3. The summed E-state index contributed by atoms with van der Waals surface area (Å²) in [5.41, 5.74) is 1.72. The lowest BCUT2D eigenvalue weighted by molar-refractivity contribution is -0.120. The van der Waals surface area contributed by atoms with Crippen LogP contribution in [0.4, 0.5) is 0 Å². The van der Waals surface area contributed by atoms with E-state index in [1.165, 1.54) is 0 Å². The van der Waals surface area contributed by atoms with E-state index in [1.54, 1.807) is 19.2 Å². The lowest BCUT2D eigenvalue weighted by Crippen LogP contribution is -2.23. The van der Waals surface area contributed by atoms with Crippen LogP contribution in [0.3, 0.4) is 0 Å². The zero-order chi connectivity index (χ0) is 18.2. The summed E-state index contributed by atoms with van der Waals surface area (Å²) >= 11 is 0. The number of aromatic nitrogens is 1. The summed E-state index contributed by atoms with van der Waals surface area (Å²) in [7, 11) is 1.56. The minimum absolute atomic E-state index is 0.152. The van der Waals surface area contributed by atoms with E-state index in [0.29, 0.717) is 23.5 Å². The predicted octanol–water partition coefficient (Wildman–Crippen LogP) is 3.05. The van der Waals surface area contributed by atoms with Crippen molar-refractivity contribution in [3.8, 4) is 11.5 Å². The van der Waals surface area contributed by atoms with Crippen LogP contribution < -0.4 is 15.0 Å². The lowest BCUT2D eigenvalue weighted by Gasteiger charge is -2.09. The molecule has 0 saturated carbocycles. The molecule has 26 heavy (non-hydrogen) atoms. The minimum Gasteiger partial charge on any atom is -0.493 e. The van der Waals surface area contributed by atoms with Gasteiger partial charge in [-0.1, -0.05) is 48.5 Å². The zero-order valence-electron chi connectivity index (χ0n) is 14.5. The Kier molecular flexibility index (Phi) is 5.83. The number of methoxy groups -OCH3 is 1. The molecule has 1 amide bonds. The Bertz CT molecular complexity index is 933. The Labute approximate surface area is 152 Å². The SMILES string of the molecule is COc1ccccc1OCC(=O)N=c1ccccn1Cc1ccccc1. The number of carbonyl (C=O) groups is 1. The molecular formula is C21H20N2O3. The van der Waals surface area contributed by atoms with Crippen molar-refractivity contribution in [3.63, 3.8) is 0 Å². The highest BCUT2D eigenvalue weighted by molar-refractivity contribution is 5.78. The summed E-state index contributed by atoms with van der Waals surface area (Å²) in [6.45, 7) is 0.488. The molecule has 3 rings (SSSR count). The maximum atomic E-state index is 12.2. The Morgan fingerprint density at radius 2 is 1.62 bits per heavy atom. The van der Waals surface area contributed by atoms with E-state index in [4.69, 9.17) is 9.47 Å². The van der Waals surface area contributed by atoms with Gasteiger partial charge in [0.05, 0.1) is 7.11 Å². The summed E-state index contributed by atoms with van der Waals surface area (Å²) < 4.78 is 12.7. The molecule has 1 heterocycles. The second-order valence-electron chi connectivity index (χ2n) is 5.62. The zero-order valence-corrected chi connectivity index (χ0v) is 14.5. The fourth-order valence-corrected chi connectivity index (χ4v) is 2.52. The third kappa shape index (κ3) is 4.60. The van der Waals surface area contributed by atoms with Crippen LogP contribution >= 0.6 is 0 Å². The summed E-state index contributed by atoms with van der Waals surface area (Å²) in [4.78, 5) is 16.4. The summed E-state index contributed by atoms with van der Waals surface area (Å²) in [6.07, 6.45) is 1.90. The van der Waals surface area contributed by atoms with Crippen molar-refractivity contribution < 1.29 is 14.3 Å². The molecule has 0 bridgehead atoms. The largest absolute Gasteiger partial charge is 0.493 e. The van der Waals surface area contributed by atoms with Crippen LogP contribution in [-0.2, 0) is 11.3 Å². The monoisotopic (exact) mass is 348 g/mol. The normalized spacial score (nSPS) is 11.2. The van der Waals surface area contributed by atoms with Gasteiger partial charge in [-0.05, 0) is 29.8 Å². The number of nitrogens with zero attached hydrogens (tertiary/aromatic N) is 2. The molecule has 0 atom stereocenters. The Hall–Kier alpha value is -3.34. The fraction of sp³-hybridized carbons (Fsp3) is 0.143. The fourth-order valence-electron chi connectivity index (χ4n) is 2.52. The van der Waals surface area contributed by atoms with Crippen LogP contribution in [0.2, 0.25) is 0 Å². The smallest absolute Gasteiger partial charge is 0.285 e. The third-order valence-corrected chi connectivity index (χ3v) is 3.77. The Morgan fingerprint density at radius 1 is 0.923 bits per heavy atom. The molecule has 0 spiro atoms. The molecule has 0 aliphatic carbocycles. The number of benzene rings is 2. The van der Waals surface area contributed by atoms with E-state index < -0.39 is 0 Å². The van der Waals surface area contributed by atoms with Crippen molar-refractivity contribution in [1.29, 1.82) is 0 Å². The van der Waals surface area contributed by atoms with E-state index >= 15 is 0 Å². The first-order valence-electron chi connectivity index (χ1n) is 8.29. The van der Waals surface area contributed by atoms with Gasteiger partial charge in [-0.2, -0.15) is 4.99 Å². The first-order chi connectivity index (χ1) is 12.8. The van der Waals surface area contributed by atoms with Crippen LogP contribution in [0, 0.1) is 0 Å². The van der Waals surface area contributed by atoms with Crippen molar-refractivity contribution >= 4 is 5.91 Å². The summed E-state index contributed by atoms with van der Waals surface area (Å²) in [5.74, 6) is 0.742. The van der Waals surface area contributed by atoms with Gasteiger partial charge in [0.2, 0.25) is 0 Å². The first-order valence-corrected chi connectivity index (χ1v) is 8.29. The molecule has 0 N–H and O–H groups in total. The van der Waals surface area contributed by atoms with Crippen molar-refractivity contribution in [1.82, 2.24) is 4.57 Å². The lowest BCUT2D eigenvalue weighted by atomic mass is 10.2. The van der Waals surface area contributed by atoms with Crippen LogP contribution in [0.15, 0.2) is 84.0 Å². The number of pyridine rings is 1. The van der Waals surface area contributed by atoms with Gasteiger partial charge in [-0.25, -0.2) is 0 Å². The highest BCUT2D eigenvalue weighted by Crippen LogP contribution is 2.25. The van der Waals surface area contributed by atoms with E-state index in [9.17, 15) is 4.79 Å². The molecule has 0 unspecified atom stereocenters. The van der Waals surface area contributed by atoms with Gasteiger partial charge in [0.25, 0.3) is 5.91 Å². The molecule has 0 radical (unpaired) electrons. The predicted molar refractivity (Wildman–Crippen MR) is 99.0 cm³/mol. The van der Waals surface area contributed by atoms with Gasteiger partial charge >= 0.3 is 0 Å². The van der Waals surface area contributed by atoms with Crippen LogP contribution in [0.25, 0.3) is 0 Å². The van der Waals surface area contributed by atoms with Crippen molar-refractivity contribution in [3.05, 3.63) is 90.0 Å². The van der Waals surface area contributed by atoms with Gasteiger partial charge in [0.15, 0.2) is 18.1 Å². The molecule has 1 aromatic heterocycles. The number of amides is 1. The molecule has 3 aromatic rings. The quantitative estimate of drug-likeness (QED) is 0.688. The second-order valence-corrected chi connectivity index (χ2v) is 5.62. The molecule has 0 aliphatic rings. The number of carbonyl (C=O) groups excluding carboxylic acids is 1. The topological polar surface area (TPSA) is 52.8 Å². The van der Waals surface area contributed by atoms with Crippen LogP contribution in [0.5, 0.6) is 11.5 Å². The molecule has 0 aliphatic heterocycles. The number of ether oxygens (including phenoxy) is 2. The minimum atomic E-state index is -0.357. The van der Waals surface area contributed by atoms with E-state index in [1.807, 2.05) is 71.4 Å². The summed E-state index contributed by atoms with van der Waals surface area (Å²) in [6, 6.07) is 22.8. The van der Waals surface area contributed by atoms with Gasteiger partial charge in [0.1, 0.15) is 5.49 Å². The molecule has 5 heteroatoms. The molecule has 5 nitrogen and oxygen atoms in total. The average molecular weight is 348 g/mol. The maximum absolute atomic E-state index is 12.2. The number of hydrogen-bond donors (Lipinski definition) is 0. The molecular weight excluding hydrogens is 328 g/mol. The van der Waals surface area contributed by atoms with E-state index in [-0.39, 0.29) is 12.5 Å². The number of rotatable bonds is 6. The highest BCUT2D eigenvalue weighted by atomic mass is 16.5. The van der Waals surface area contributed by atoms with Gasteiger partial charge in [-0.3, -0.25) is 4.79 Å². The van der Waals surface area contributed by atoms with Gasteiger partial charge < -0.3 is 14.0 Å². The Balaban J connectivity index is 1.74.